The second kappa shape index (κ2) is 8.68. The zero-order valence-corrected chi connectivity index (χ0v) is 15.6. The molecule has 142 valence electrons. The molecule has 0 aromatic heterocycles. The molecule has 27 heavy (non-hydrogen) atoms. The number of rotatable bonds is 4. The smallest absolute Gasteiger partial charge is 0.343 e. The summed E-state index contributed by atoms with van der Waals surface area (Å²) in [5, 5.41) is 0. The fourth-order valence-corrected chi connectivity index (χ4v) is 4.01. The molecule has 0 bridgehead atoms. The number of para-hydroxylation sites is 1. The van der Waals surface area contributed by atoms with E-state index in [2.05, 4.69) is 6.07 Å². The highest BCUT2D eigenvalue weighted by Crippen LogP contribution is 2.39. The lowest BCUT2D eigenvalue weighted by atomic mass is 9.88. The van der Waals surface area contributed by atoms with E-state index in [1.54, 1.807) is 12.1 Å². The fourth-order valence-electron chi connectivity index (χ4n) is 4.01. The number of benzene rings is 2. The minimum atomic E-state index is -0.331. The highest BCUT2D eigenvalue weighted by Gasteiger charge is 2.30. The largest absolute Gasteiger partial charge is 0.423 e. The maximum Gasteiger partial charge on any atom is 0.343 e. The summed E-state index contributed by atoms with van der Waals surface area (Å²) in [6.45, 7) is 1.51. The van der Waals surface area contributed by atoms with Gasteiger partial charge in [0.15, 0.2) is 0 Å². The maximum atomic E-state index is 13.0. The van der Waals surface area contributed by atoms with E-state index in [1.807, 2.05) is 30.3 Å². The van der Waals surface area contributed by atoms with Crippen molar-refractivity contribution in [1.29, 1.82) is 0 Å². The molecule has 0 spiro atoms. The van der Waals surface area contributed by atoms with Crippen LogP contribution in [0.4, 0.5) is 0 Å². The number of carbonyl (C=O) groups is 1. The lowest BCUT2D eigenvalue weighted by Crippen LogP contribution is -2.22. The summed E-state index contributed by atoms with van der Waals surface area (Å²) < 4.78 is 17.8. The summed E-state index contributed by atoms with van der Waals surface area (Å²) in [5.41, 5.74) is 2.64. The van der Waals surface area contributed by atoms with Crippen molar-refractivity contribution in [3.8, 4) is 5.75 Å². The van der Waals surface area contributed by atoms with Gasteiger partial charge in [0.25, 0.3) is 0 Å². The van der Waals surface area contributed by atoms with Crippen LogP contribution in [0.5, 0.6) is 5.75 Å². The Hall–Kier alpha value is -2.17. The van der Waals surface area contributed by atoms with Gasteiger partial charge >= 0.3 is 5.97 Å². The standard InChI is InChI=1S/C23H26O4/c24-23(27-17-9-2-1-3-10-17)19-12-8-11-18(20-13-4-6-15-25-20)22(19)21-14-5-7-16-26-21/h1-3,8-12,20-21H,4-7,13-16H2. The third-order valence-electron chi connectivity index (χ3n) is 5.34. The van der Waals surface area contributed by atoms with Gasteiger partial charge in [0.2, 0.25) is 0 Å². The first-order valence-corrected chi connectivity index (χ1v) is 9.96. The lowest BCUT2D eigenvalue weighted by Gasteiger charge is -2.31. The van der Waals surface area contributed by atoms with Gasteiger partial charge in [-0.1, -0.05) is 30.3 Å². The molecular weight excluding hydrogens is 340 g/mol. The predicted molar refractivity (Wildman–Crippen MR) is 103 cm³/mol. The number of hydrogen-bond donors (Lipinski definition) is 0. The Morgan fingerprint density at radius 3 is 2.19 bits per heavy atom. The number of esters is 1. The molecule has 4 heteroatoms. The van der Waals surface area contributed by atoms with Gasteiger partial charge in [0.1, 0.15) is 5.75 Å². The summed E-state index contributed by atoms with van der Waals surface area (Å²) in [6, 6.07) is 15.1. The Labute approximate surface area is 160 Å². The summed E-state index contributed by atoms with van der Waals surface area (Å²) in [6.07, 6.45) is 6.30. The minimum Gasteiger partial charge on any atom is -0.423 e. The van der Waals surface area contributed by atoms with Crippen LogP contribution in [0, 0.1) is 0 Å². The Kier molecular flexibility index (Phi) is 5.85. The van der Waals surface area contributed by atoms with Gasteiger partial charge in [-0.3, -0.25) is 0 Å². The molecular formula is C23H26O4. The van der Waals surface area contributed by atoms with Gasteiger partial charge in [-0.25, -0.2) is 4.79 Å². The van der Waals surface area contributed by atoms with Crippen molar-refractivity contribution in [1.82, 2.24) is 0 Å². The summed E-state index contributed by atoms with van der Waals surface area (Å²) >= 11 is 0. The van der Waals surface area contributed by atoms with E-state index in [-0.39, 0.29) is 18.2 Å². The van der Waals surface area contributed by atoms with Crippen molar-refractivity contribution < 1.29 is 19.0 Å². The van der Waals surface area contributed by atoms with Crippen molar-refractivity contribution in [2.45, 2.75) is 50.7 Å². The van der Waals surface area contributed by atoms with Crippen molar-refractivity contribution in [2.75, 3.05) is 13.2 Å². The van der Waals surface area contributed by atoms with Gasteiger partial charge in [-0.2, -0.15) is 0 Å². The lowest BCUT2D eigenvalue weighted by molar-refractivity contribution is -0.00112. The molecule has 4 nitrogen and oxygen atoms in total. The molecule has 0 radical (unpaired) electrons. The predicted octanol–water partition coefficient (Wildman–Crippen LogP) is 5.39. The molecule has 0 N–H and O–H groups in total. The Morgan fingerprint density at radius 2 is 1.52 bits per heavy atom. The zero-order chi connectivity index (χ0) is 18.5. The third kappa shape index (κ3) is 4.23. The van der Waals surface area contributed by atoms with E-state index in [0.717, 1.165) is 62.9 Å². The van der Waals surface area contributed by atoms with Crippen molar-refractivity contribution in [3.63, 3.8) is 0 Å². The van der Waals surface area contributed by atoms with Gasteiger partial charge < -0.3 is 14.2 Å². The monoisotopic (exact) mass is 366 g/mol. The number of ether oxygens (including phenoxy) is 3. The van der Waals surface area contributed by atoms with Crippen LogP contribution >= 0.6 is 0 Å². The zero-order valence-electron chi connectivity index (χ0n) is 15.6. The van der Waals surface area contributed by atoms with Crippen LogP contribution in [0.25, 0.3) is 0 Å². The Bertz CT molecular complexity index is 759. The van der Waals surface area contributed by atoms with Crippen molar-refractivity contribution in [3.05, 3.63) is 65.2 Å². The normalized spacial score (nSPS) is 23.0. The Balaban J connectivity index is 1.69. The van der Waals surface area contributed by atoms with E-state index < -0.39 is 0 Å². The molecule has 0 aliphatic carbocycles. The maximum absolute atomic E-state index is 13.0. The summed E-state index contributed by atoms with van der Waals surface area (Å²) in [4.78, 5) is 13.0. The van der Waals surface area contributed by atoms with Gasteiger partial charge in [-0.15, -0.1) is 0 Å². The van der Waals surface area contributed by atoms with Crippen LogP contribution in [-0.4, -0.2) is 19.2 Å². The molecule has 2 saturated heterocycles. The van der Waals surface area contributed by atoms with Crippen LogP contribution in [-0.2, 0) is 9.47 Å². The van der Waals surface area contributed by atoms with Crippen molar-refractivity contribution >= 4 is 5.97 Å². The van der Waals surface area contributed by atoms with E-state index in [9.17, 15) is 4.79 Å². The van der Waals surface area contributed by atoms with E-state index >= 15 is 0 Å². The summed E-state index contributed by atoms with van der Waals surface area (Å²) in [5.74, 6) is 0.223. The third-order valence-corrected chi connectivity index (χ3v) is 5.34. The SMILES string of the molecule is O=C(Oc1ccccc1)c1cccc(C2CCCCO2)c1C1CCCCO1. The number of hydrogen-bond acceptors (Lipinski definition) is 4. The highest BCUT2D eigenvalue weighted by atomic mass is 16.5. The fraction of sp³-hybridized carbons (Fsp3) is 0.435. The molecule has 0 saturated carbocycles. The van der Waals surface area contributed by atoms with Crippen LogP contribution in [0.3, 0.4) is 0 Å². The van der Waals surface area contributed by atoms with Gasteiger partial charge in [-0.05, 0) is 62.3 Å². The number of carbonyl (C=O) groups excluding carboxylic acids is 1. The molecule has 2 atom stereocenters. The second-order valence-corrected chi connectivity index (χ2v) is 7.22. The van der Waals surface area contributed by atoms with E-state index in [1.165, 1.54) is 0 Å². The molecule has 4 rings (SSSR count). The molecule has 2 aliphatic rings. The molecule has 2 aromatic carbocycles. The van der Waals surface area contributed by atoms with Crippen LogP contribution in [0.15, 0.2) is 48.5 Å². The first-order chi connectivity index (χ1) is 13.3. The van der Waals surface area contributed by atoms with Gasteiger partial charge in [0.05, 0.1) is 17.8 Å². The van der Waals surface area contributed by atoms with Crippen LogP contribution in [0.1, 0.15) is 72.2 Å². The van der Waals surface area contributed by atoms with E-state index in [4.69, 9.17) is 14.2 Å². The van der Waals surface area contributed by atoms with Crippen LogP contribution < -0.4 is 4.74 Å². The van der Waals surface area contributed by atoms with Gasteiger partial charge in [0, 0.05) is 18.8 Å². The first-order valence-electron chi connectivity index (χ1n) is 9.96. The molecule has 0 amide bonds. The molecule has 2 heterocycles. The average Bonchev–Trinajstić information content (AvgIpc) is 2.75. The molecule has 2 unspecified atom stereocenters. The van der Waals surface area contributed by atoms with Crippen molar-refractivity contribution in [2.24, 2.45) is 0 Å². The quantitative estimate of drug-likeness (QED) is 0.538. The summed E-state index contributed by atoms with van der Waals surface area (Å²) in [7, 11) is 0. The molecule has 2 fully saturated rings. The minimum absolute atomic E-state index is 0.0313. The van der Waals surface area contributed by atoms with Crippen LogP contribution in [0.2, 0.25) is 0 Å². The second-order valence-electron chi connectivity index (χ2n) is 7.22. The molecule has 2 aromatic rings. The topological polar surface area (TPSA) is 44.8 Å². The average molecular weight is 366 g/mol. The van der Waals surface area contributed by atoms with E-state index in [0.29, 0.717) is 11.3 Å². The Morgan fingerprint density at radius 1 is 0.815 bits per heavy atom. The first kappa shape index (κ1) is 18.2. The highest BCUT2D eigenvalue weighted by molar-refractivity contribution is 5.93. The molecule has 2 aliphatic heterocycles.